The van der Waals surface area contributed by atoms with Gasteiger partial charge in [-0.3, -0.25) is 4.90 Å². The number of hydrogen-bond donors (Lipinski definition) is 1. The summed E-state index contributed by atoms with van der Waals surface area (Å²) in [7, 11) is 0. The third kappa shape index (κ3) is 5.22. The normalized spacial score (nSPS) is 16.7. The number of benzene rings is 1. The van der Waals surface area contributed by atoms with Crippen LogP contribution in [0.3, 0.4) is 0 Å². The molecule has 0 bridgehead atoms. The zero-order valence-electron chi connectivity index (χ0n) is 12.6. The minimum Gasteiger partial charge on any atom is -0.389 e. The smallest absolute Gasteiger partial charge is 0.129 e. The Hall–Kier alpha value is -0.680. The maximum absolute atomic E-state index is 13.9. The van der Waals surface area contributed by atoms with Crippen LogP contribution in [0, 0.1) is 5.82 Å². The molecule has 0 amide bonds. The molecule has 1 aliphatic carbocycles. The number of ether oxygens (including phenoxy) is 1. The van der Waals surface area contributed by atoms with Crippen molar-refractivity contribution in [3.05, 3.63) is 34.6 Å². The molecule has 118 valence electrons. The predicted octanol–water partition coefficient (Wildman–Crippen LogP) is 3.23. The highest BCUT2D eigenvalue weighted by atomic mass is 35.5. The molecule has 2 rings (SSSR count). The Morgan fingerprint density at radius 1 is 1.43 bits per heavy atom. The van der Waals surface area contributed by atoms with E-state index in [4.69, 9.17) is 16.3 Å². The predicted molar refractivity (Wildman–Crippen MR) is 81.9 cm³/mol. The summed E-state index contributed by atoms with van der Waals surface area (Å²) < 4.78 is 19.3. The molecule has 5 heteroatoms. The van der Waals surface area contributed by atoms with Gasteiger partial charge in [0, 0.05) is 29.7 Å². The summed E-state index contributed by atoms with van der Waals surface area (Å²) in [4.78, 5) is 2.10. The number of halogens is 2. The highest BCUT2D eigenvalue weighted by molar-refractivity contribution is 6.31. The van der Waals surface area contributed by atoms with Crippen LogP contribution in [0.1, 0.15) is 32.3 Å². The highest BCUT2D eigenvalue weighted by Gasteiger charge is 2.31. The molecule has 21 heavy (non-hydrogen) atoms. The summed E-state index contributed by atoms with van der Waals surface area (Å²) >= 11 is 6.08. The largest absolute Gasteiger partial charge is 0.389 e. The van der Waals surface area contributed by atoms with Crippen LogP contribution in [0.25, 0.3) is 0 Å². The van der Waals surface area contributed by atoms with Gasteiger partial charge in [0.2, 0.25) is 0 Å². The second kappa shape index (κ2) is 7.54. The molecule has 3 nitrogen and oxygen atoms in total. The van der Waals surface area contributed by atoms with Gasteiger partial charge in [-0.25, -0.2) is 4.39 Å². The summed E-state index contributed by atoms with van der Waals surface area (Å²) in [5.74, 6) is -0.291. The van der Waals surface area contributed by atoms with Gasteiger partial charge in [-0.05, 0) is 38.8 Å². The van der Waals surface area contributed by atoms with Crippen LogP contribution in [-0.2, 0) is 11.3 Å². The van der Waals surface area contributed by atoms with Gasteiger partial charge in [-0.2, -0.15) is 0 Å². The maximum atomic E-state index is 13.9. The zero-order chi connectivity index (χ0) is 15.4. The molecule has 1 aliphatic rings. The van der Waals surface area contributed by atoms with Crippen molar-refractivity contribution in [1.82, 2.24) is 4.90 Å². The van der Waals surface area contributed by atoms with Gasteiger partial charge >= 0.3 is 0 Å². The lowest BCUT2D eigenvalue weighted by molar-refractivity contribution is -0.0108. The summed E-state index contributed by atoms with van der Waals surface area (Å²) in [6, 6.07) is 5.14. The number of rotatable bonds is 8. The van der Waals surface area contributed by atoms with Crippen molar-refractivity contribution < 1.29 is 14.2 Å². The molecule has 1 aromatic carbocycles. The van der Waals surface area contributed by atoms with Gasteiger partial charge in [-0.1, -0.05) is 17.7 Å². The Labute approximate surface area is 130 Å². The third-order valence-electron chi connectivity index (χ3n) is 3.55. The van der Waals surface area contributed by atoms with Crippen molar-refractivity contribution in [1.29, 1.82) is 0 Å². The van der Waals surface area contributed by atoms with Crippen LogP contribution in [0.5, 0.6) is 0 Å². The van der Waals surface area contributed by atoms with Crippen LogP contribution in [-0.4, -0.2) is 41.4 Å². The highest BCUT2D eigenvalue weighted by Crippen LogP contribution is 2.30. The second-order valence-electron chi connectivity index (χ2n) is 5.90. The average Bonchev–Trinajstić information content (AvgIpc) is 3.24. The molecule has 1 atom stereocenters. The first-order valence-electron chi connectivity index (χ1n) is 7.44. The molecular weight excluding hydrogens is 293 g/mol. The molecule has 0 aliphatic heterocycles. The molecule has 1 N–H and O–H groups in total. The Bertz CT molecular complexity index is 445. The maximum Gasteiger partial charge on any atom is 0.129 e. The fourth-order valence-corrected chi connectivity index (χ4v) is 2.52. The molecule has 0 spiro atoms. The fraction of sp³-hybridized carbons (Fsp3) is 0.625. The third-order valence-corrected chi connectivity index (χ3v) is 3.91. The van der Waals surface area contributed by atoms with Crippen molar-refractivity contribution in [2.75, 3.05) is 13.2 Å². The van der Waals surface area contributed by atoms with Crippen LogP contribution in [0.4, 0.5) is 4.39 Å². The molecule has 0 saturated heterocycles. The van der Waals surface area contributed by atoms with Crippen molar-refractivity contribution in [2.45, 2.75) is 51.5 Å². The quantitative estimate of drug-likeness (QED) is 0.799. The van der Waals surface area contributed by atoms with Gasteiger partial charge in [0.25, 0.3) is 0 Å². The minimum atomic E-state index is -0.571. The number of nitrogens with zero attached hydrogens (tertiary/aromatic N) is 1. The van der Waals surface area contributed by atoms with E-state index in [0.29, 0.717) is 36.3 Å². The van der Waals surface area contributed by atoms with E-state index in [1.807, 2.05) is 13.8 Å². The van der Waals surface area contributed by atoms with E-state index in [2.05, 4.69) is 4.90 Å². The lowest BCUT2D eigenvalue weighted by Gasteiger charge is -2.26. The van der Waals surface area contributed by atoms with Crippen molar-refractivity contribution in [3.8, 4) is 0 Å². The molecule has 0 unspecified atom stereocenters. The van der Waals surface area contributed by atoms with E-state index in [1.54, 1.807) is 12.1 Å². The first-order valence-corrected chi connectivity index (χ1v) is 7.81. The number of aliphatic hydroxyl groups is 1. The van der Waals surface area contributed by atoms with E-state index >= 15 is 0 Å². The van der Waals surface area contributed by atoms with Gasteiger partial charge in [0.15, 0.2) is 0 Å². The second-order valence-corrected chi connectivity index (χ2v) is 6.30. The molecule has 0 heterocycles. The SMILES string of the molecule is CC(C)OC[C@H](O)CN(Cc1c(F)cccc1Cl)C1CC1. The molecule has 1 fully saturated rings. The number of aliphatic hydroxyl groups excluding tert-OH is 1. The standard InChI is InChI=1S/C16H23ClFNO2/c1-11(2)21-10-13(20)8-19(12-6-7-12)9-14-15(17)4-3-5-16(14)18/h3-5,11-13,20H,6-10H2,1-2H3/t13-/m1/s1. The first-order chi connectivity index (χ1) is 9.97. The van der Waals surface area contributed by atoms with Gasteiger partial charge in [0.05, 0.1) is 18.8 Å². The van der Waals surface area contributed by atoms with E-state index < -0.39 is 6.10 Å². The number of hydrogen-bond acceptors (Lipinski definition) is 3. The molecule has 0 radical (unpaired) electrons. The van der Waals surface area contributed by atoms with Crippen LogP contribution < -0.4 is 0 Å². The van der Waals surface area contributed by atoms with Crippen LogP contribution in [0.15, 0.2) is 18.2 Å². The molecule has 1 saturated carbocycles. The molecular formula is C16H23ClFNO2. The Kier molecular flexibility index (Phi) is 5.99. The average molecular weight is 316 g/mol. The van der Waals surface area contributed by atoms with Crippen molar-refractivity contribution in [2.24, 2.45) is 0 Å². The lowest BCUT2D eigenvalue weighted by Crippen LogP contribution is -2.36. The van der Waals surface area contributed by atoms with E-state index in [-0.39, 0.29) is 11.9 Å². The summed E-state index contributed by atoms with van der Waals surface area (Å²) in [6.45, 7) is 5.07. The Morgan fingerprint density at radius 3 is 2.71 bits per heavy atom. The Morgan fingerprint density at radius 2 is 2.14 bits per heavy atom. The molecule has 1 aromatic rings. The summed E-state index contributed by atoms with van der Waals surface area (Å²) in [6.07, 6.45) is 1.70. The summed E-state index contributed by atoms with van der Waals surface area (Å²) in [5.41, 5.74) is 0.503. The first kappa shape index (κ1) is 16.7. The zero-order valence-corrected chi connectivity index (χ0v) is 13.3. The monoisotopic (exact) mass is 315 g/mol. The van der Waals surface area contributed by atoms with Crippen molar-refractivity contribution in [3.63, 3.8) is 0 Å². The summed E-state index contributed by atoms with van der Waals surface area (Å²) in [5, 5.41) is 10.5. The Balaban J connectivity index is 1.96. The molecule has 0 aromatic heterocycles. The van der Waals surface area contributed by atoms with Gasteiger partial charge < -0.3 is 9.84 Å². The van der Waals surface area contributed by atoms with Gasteiger partial charge in [-0.15, -0.1) is 0 Å². The van der Waals surface area contributed by atoms with E-state index in [1.165, 1.54) is 6.07 Å². The topological polar surface area (TPSA) is 32.7 Å². The fourth-order valence-electron chi connectivity index (χ4n) is 2.30. The van der Waals surface area contributed by atoms with Crippen LogP contribution >= 0.6 is 11.6 Å². The van der Waals surface area contributed by atoms with Gasteiger partial charge in [0.1, 0.15) is 5.82 Å². The minimum absolute atomic E-state index is 0.0926. The van der Waals surface area contributed by atoms with E-state index in [0.717, 1.165) is 12.8 Å². The van der Waals surface area contributed by atoms with E-state index in [9.17, 15) is 9.50 Å². The van der Waals surface area contributed by atoms with Crippen LogP contribution in [0.2, 0.25) is 5.02 Å². The van der Waals surface area contributed by atoms with Crippen molar-refractivity contribution >= 4 is 11.6 Å². The lowest BCUT2D eigenvalue weighted by atomic mass is 10.2.